The van der Waals surface area contributed by atoms with Crippen LogP contribution >= 0.6 is 23.1 Å². The first-order valence-corrected chi connectivity index (χ1v) is 11.1. The Balaban J connectivity index is 1.47. The second kappa shape index (κ2) is 7.63. The molecule has 9 heteroatoms. The lowest BCUT2D eigenvalue weighted by atomic mass is 9.97. The van der Waals surface area contributed by atoms with Crippen LogP contribution in [0.2, 0.25) is 0 Å². The first-order valence-electron chi connectivity index (χ1n) is 9.27. The van der Waals surface area contributed by atoms with Gasteiger partial charge in [-0.25, -0.2) is 4.98 Å². The SMILES string of the molecule is NC(=O)[C@H]1CCCN(C(=O)CSc2nc3sc4c(c3c(=O)[nH]2)CCCC4)C1. The number of hydrogen-bond acceptors (Lipinski definition) is 6. The third kappa shape index (κ3) is 3.75. The molecule has 2 aromatic rings. The Morgan fingerprint density at radius 3 is 2.93 bits per heavy atom. The number of fused-ring (bicyclic) bond motifs is 3. The third-order valence-corrected chi connectivity index (χ3v) is 7.36. The van der Waals surface area contributed by atoms with Crippen molar-refractivity contribution in [3.63, 3.8) is 0 Å². The van der Waals surface area contributed by atoms with Gasteiger partial charge in [0.05, 0.1) is 17.1 Å². The summed E-state index contributed by atoms with van der Waals surface area (Å²) in [6.45, 7) is 1.03. The summed E-state index contributed by atoms with van der Waals surface area (Å²) in [5.41, 5.74) is 6.43. The number of carbonyl (C=O) groups is 2. The number of aryl methyl sites for hydroxylation is 2. The number of nitrogens with two attached hydrogens (primary N) is 1. The van der Waals surface area contributed by atoms with Crippen molar-refractivity contribution in [2.24, 2.45) is 11.7 Å². The van der Waals surface area contributed by atoms with Crippen LogP contribution in [0, 0.1) is 5.92 Å². The van der Waals surface area contributed by atoms with Crippen molar-refractivity contribution >= 4 is 45.1 Å². The van der Waals surface area contributed by atoms with Gasteiger partial charge >= 0.3 is 0 Å². The van der Waals surface area contributed by atoms with E-state index in [0.717, 1.165) is 54.3 Å². The topological polar surface area (TPSA) is 109 Å². The van der Waals surface area contributed by atoms with Crippen molar-refractivity contribution in [1.29, 1.82) is 0 Å². The molecule has 0 spiro atoms. The molecule has 0 aromatic carbocycles. The molecule has 3 N–H and O–H groups in total. The summed E-state index contributed by atoms with van der Waals surface area (Å²) >= 11 is 2.84. The van der Waals surface area contributed by atoms with Gasteiger partial charge in [0, 0.05) is 18.0 Å². The molecule has 2 amide bonds. The van der Waals surface area contributed by atoms with Gasteiger partial charge in [-0.3, -0.25) is 14.4 Å². The van der Waals surface area contributed by atoms with Crippen LogP contribution in [0.4, 0.5) is 0 Å². The van der Waals surface area contributed by atoms with Gasteiger partial charge in [-0.15, -0.1) is 11.3 Å². The van der Waals surface area contributed by atoms with Crippen LogP contribution in [0.3, 0.4) is 0 Å². The third-order valence-electron chi connectivity index (χ3n) is 5.31. The van der Waals surface area contributed by atoms with Gasteiger partial charge in [0.1, 0.15) is 4.83 Å². The highest BCUT2D eigenvalue weighted by Crippen LogP contribution is 2.34. The monoisotopic (exact) mass is 406 g/mol. The number of piperidine rings is 1. The maximum atomic E-state index is 12.5. The van der Waals surface area contributed by atoms with Crippen LogP contribution < -0.4 is 11.3 Å². The smallest absolute Gasteiger partial charge is 0.260 e. The summed E-state index contributed by atoms with van der Waals surface area (Å²) in [5, 5.41) is 1.20. The Hall–Kier alpha value is -1.87. The van der Waals surface area contributed by atoms with E-state index in [9.17, 15) is 14.4 Å². The maximum Gasteiger partial charge on any atom is 0.260 e. The molecule has 3 heterocycles. The van der Waals surface area contributed by atoms with Crippen LogP contribution in [0.1, 0.15) is 36.1 Å². The number of nitrogens with zero attached hydrogens (tertiary/aromatic N) is 2. The highest BCUT2D eigenvalue weighted by molar-refractivity contribution is 7.99. The van der Waals surface area contributed by atoms with E-state index in [1.54, 1.807) is 16.2 Å². The second-order valence-electron chi connectivity index (χ2n) is 7.13. The predicted molar refractivity (Wildman–Crippen MR) is 106 cm³/mol. The molecule has 1 atom stereocenters. The molecule has 1 aliphatic carbocycles. The van der Waals surface area contributed by atoms with E-state index in [4.69, 9.17) is 5.73 Å². The summed E-state index contributed by atoms with van der Waals surface area (Å²) in [6.07, 6.45) is 5.77. The van der Waals surface area contributed by atoms with Crippen LogP contribution in [0.15, 0.2) is 9.95 Å². The van der Waals surface area contributed by atoms with E-state index in [0.29, 0.717) is 18.2 Å². The van der Waals surface area contributed by atoms with Crippen molar-refractivity contribution < 1.29 is 9.59 Å². The number of rotatable bonds is 4. The molecule has 2 aliphatic rings. The Kier molecular flexibility index (Phi) is 5.23. The fourth-order valence-corrected chi connectivity index (χ4v) is 5.95. The molecule has 144 valence electrons. The minimum absolute atomic E-state index is 0.0563. The van der Waals surface area contributed by atoms with Gasteiger partial charge in [-0.2, -0.15) is 0 Å². The molecule has 0 unspecified atom stereocenters. The van der Waals surface area contributed by atoms with Gasteiger partial charge in [-0.1, -0.05) is 11.8 Å². The van der Waals surface area contributed by atoms with Crippen molar-refractivity contribution in [1.82, 2.24) is 14.9 Å². The Morgan fingerprint density at radius 2 is 2.11 bits per heavy atom. The van der Waals surface area contributed by atoms with Gasteiger partial charge < -0.3 is 15.6 Å². The minimum Gasteiger partial charge on any atom is -0.369 e. The molecule has 7 nitrogen and oxygen atoms in total. The Bertz CT molecular complexity index is 952. The molecular formula is C18H22N4O3S2. The van der Waals surface area contributed by atoms with Crippen LogP contribution in [0.25, 0.3) is 10.2 Å². The molecule has 4 rings (SSSR count). The van der Waals surface area contributed by atoms with Gasteiger partial charge in [-0.05, 0) is 44.1 Å². The molecule has 27 heavy (non-hydrogen) atoms. The second-order valence-corrected chi connectivity index (χ2v) is 9.18. The zero-order valence-corrected chi connectivity index (χ0v) is 16.6. The molecule has 0 saturated carbocycles. The van der Waals surface area contributed by atoms with Crippen molar-refractivity contribution in [2.45, 2.75) is 43.7 Å². The predicted octanol–water partition coefficient (Wildman–Crippen LogP) is 1.68. The Labute approximate surface area is 164 Å². The molecule has 0 radical (unpaired) electrons. The number of aromatic amines is 1. The molecule has 1 aliphatic heterocycles. The number of thiophene rings is 1. The van der Waals surface area contributed by atoms with Crippen molar-refractivity contribution in [3.05, 3.63) is 20.8 Å². The van der Waals surface area contributed by atoms with Gasteiger partial charge in [0.2, 0.25) is 11.8 Å². The number of primary amides is 1. The molecule has 1 saturated heterocycles. The summed E-state index contributed by atoms with van der Waals surface area (Å²) < 4.78 is 0. The largest absolute Gasteiger partial charge is 0.369 e. The number of aromatic nitrogens is 2. The quantitative estimate of drug-likeness (QED) is 0.593. The standard InChI is InChI=1S/C18H22N4O3S2/c19-15(24)10-4-3-7-22(8-10)13(23)9-26-18-20-16(25)14-11-5-1-2-6-12(11)27-17(14)21-18/h10H,1-9H2,(H2,19,24)(H,20,21,25)/t10-/m0/s1. The van der Waals surface area contributed by atoms with Crippen LogP contribution in [-0.4, -0.2) is 45.5 Å². The van der Waals surface area contributed by atoms with Crippen LogP contribution in [0.5, 0.6) is 0 Å². The number of likely N-dealkylation sites (tertiary alicyclic amines) is 1. The zero-order valence-electron chi connectivity index (χ0n) is 15.0. The number of hydrogen-bond donors (Lipinski definition) is 2. The average Bonchev–Trinajstić information content (AvgIpc) is 3.05. The molecule has 2 aromatic heterocycles. The molecule has 0 bridgehead atoms. The minimum atomic E-state index is -0.349. The van der Waals surface area contributed by atoms with Crippen molar-refractivity contribution in [3.8, 4) is 0 Å². The maximum absolute atomic E-state index is 12.5. The van der Waals surface area contributed by atoms with Gasteiger partial charge in [0.15, 0.2) is 5.16 Å². The van der Waals surface area contributed by atoms with E-state index < -0.39 is 0 Å². The summed E-state index contributed by atoms with van der Waals surface area (Å²) in [4.78, 5) is 47.6. The van der Waals surface area contributed by atoms with Gasteiger partial charge in [0.25, 0.3) is 5.56 Å². The molecular weight excluding hydrogens is 384 g/mol. The normalized spacial score (nSPS) is 19.9. The lowest BCUT2D eigenvalue weighted by molar-refractivity contribution is -0.132. The fraction of sp³-hybridized carbons (Fsp3) is 0.556. The first-order chi connectivity index (χ1) is 13.0. The highest BCUT2D eigenvalue weighted by Gasteiger charge is 2.27. The number of nitrogens with one attached hydrogen (secondary N) is 1. The van der Waals surface area contributed by atoms with E-state index in [-0.39, 0.29) is 29.0 Å². The van der Waals surface area contributed by atoms with E-state index >= 15 is 0 Å². The zero-order chi connectivity index (χ0) is 19.0. The van der Waals surface area contributed by atoms with E-state index in [2.05, 4.69) is 9.97 Å². The number of thioether (sulfide) groups is 1. The molecule has 1 fully saturated rings. The van der Waals surface area contributed by atoms with E-state index in [1.165, 1.54) is 16.6 Å². The lowest BCUT2D eigenvalue weighted by Gasteiger charge is -2.31. The number of amides is 2. The summed E-state index contributed by atoms with van der Waals surface area (Å²) in [7, 11) is 0. The summed E-state index contributed by atoms with van der Waals surface area (Å²) in [6, 6.07) is 0. The van der Waals surface area contributed by atoms with E-state index in [1.807, 2.05) is 0 Å². The fourth-order valence-electron chi connectivity index (χ4n) is 3.87. The number of H-pyrrole nitrogens is 1. The first kappa shape index (κ1) is 18.5. The lowest BCUT2D eigenvalue weighted by Crippen LogP contribution is -2.44. The van der Waals surface area contributed by atoms with Crippen LogP contribution in [-0.2, 0) is 22.4 Å². The summed E-state index contributed by atoms with van der Waals surface area (Å²) in [5.74, 6) is -0.484. The Morgan fingerprint density at radius 1 is 1.30 bits per heavy atom. The van der Waals surface area contributed by atoms with Crippen molar-refractivity contribution in [2.75, 3.05) is 18.8 Å². The highest BCUT2D eigenvalue weighted by atomic mass is 32.2. The average molecular weight is 407 g/mol. The number of carbonyl (C=O) groups excluding carboxylic acids is 2.